The number of hydrogen-bond acceptors (Lipinski definition) is 6. The second kappa shape index (κ2) is 18.8. The van der Waals surface area contributed by atoms with Crippen LogP contribution in [0.4, 0.5) is 0 Å². The maximum absolute atomic E-state index is 11.9. The lowest BCUT2D eigenvalue weighted by molar-refractivity contribution is -0.152. The highest BCUT2D eigenvalue weighted by Gasteiger charge is 2.26. The molecule has 0 heterocycles. The summed E-state index contributed by atoms with van der Waals surface area (Å²) in [4.78, 5) is 11.9. The van der Waals surface area contributed by atoms with E-state index in [4.69, 9.17) is 9.29 Å². The average Bonchev–Trinajstić information content (AvgIpc) is 2.68. The number of unbranched alkanes of at least 4 members (excludes halogenated alkanes) is 8. The van der Waals surface area contributed by atoms with Gasteiger partial charge >= 0.3 is 16.4 Å². The lowest BCUT2D eigenvalue weighted by Crippen LogP contribution is -2.29. The van der Waals surface area contributed by atoms with Crippen molar-refractivity contribution in [3.05, 3.63) is 12.2 Å². The number of aliphatic hydroxyl groups is 1. The fraction of sp³-hybridized carbons (Fsp3) is 0.864. The van der Waals surface area contributed by atoms with E-state index >= 15 is 0 Å². The SMILES string of the molecule is CCCCCCC(O)CC=CCCCCCC[C@@H](OS(=O)(=O)O)C(=O)OCCCC. The predicted molar refractivity (Wildman–Crippen MR) is 119 cm³/mol. The summed E-state index contributed by atoms with van der Waals surface area (Å²) in [5.74, 6) is -0.753. The summed E-state index contributed by atoms with van der Waals surface area (Å²) in [6.45, 7) is 4.33. The van der Waals surface area contributed by atoms with Crippen LogP contribution in [0.3, 0.4) is 0 Å². The Labute approximate surface area is 183 Å². The van der Waals surface area contributed by atoms with Crippen molar-refractivity contribution < 1.29 is 31.8 Å². The molecule has 30 heavy (non-hydrogen) atoms. The molecule has 0 aliphatic heterocycles. The van der Waals surface area contributed by atoms with E-state index < -0.39 is 22.5 Å². The van der Waals surface area contributed by atoms with Crippen LogP contribution in [0.5, 0.6) is 0 Å². The van der Waals surface area contributed by atoms with Crippen molar-refractivity contribution in [3.63, 3.8) is 0 Å². The van der Waals surface area contributed by atoms with Gasteiger partial charge in [0, 0.05) is 0 Å². The number of rotatable bonds is 20. The number of carbonyl (C=O) groups is 1. The van der Waals surface area contributed by atoms with Crippen LogP contribution in [0.2, 0.25) is 0 Å². The van der Waals surface area contributed by atoms with Gasteiger partial charge in [-0.05, 0) is 38.5 Å². The van der Waals surface area contributed by atoms with Crippen LogP contribution in [0.1, 0.15) is 104 Å². The van der Waals surface area contributed by atoms with E-state index in [9.17, 15) is 18.3 Å². The Morgan fingerprint density at radius 2 is 1.53 bits per heavy atom. The third-order valence-electron chi connectivity index (χ3n) is 4.80. The topological polar surface area (TPSA) is 110 Å². The van der Waals surface area contributed by atoms with Crippen LogP contribution in [0.15, 0.2) is 12.2 Å². The van der Waals surface area contributed by atoms with Gasteiger partial charge in [0.05, 0.1) is 12.7 Å². The second-order valence-corrected chi connectivity index (χ2v) is 8.78. The summed E-state index contributed by atoms with van der Waals surface area (Å²) in [7, 11) is -4.70. The van der Waals surface area contributed by atoms with Gasteiger partial charge in [-0.1, -0.05) is 77.4 Å². The molecule has 0 radical (unpaired) electrons. The van der Waals surface area contributed by atoms with Gasteiger partial charge in [0.15, 0.2) is 6.10 Å². The largest absolute Gasteiger partial charge is 0.464 e. The first-order valence-corrected chi connectivity index (χ1v) is 12.8. The number of ether oxygens (including phenoxy) is 1. The first kappa shape index (κ1) is 29.0. The molecule has 2 atom stereocenters. The molecule has 0 spiro atoms. The molecule has 7 nitrogen and oxygen atoms in total. The van der Waals surface area contributed by atoms with Crippen molar-refractivity contribution in [3.8, 4) is 0 Å². The molecule has 1 unspecified atom stereocenters. The number of carbonyl (C=O) groups excluding carboxylic acids is 1. The molecule has 2 N–H and O–H groups in total. The molecule has 0 rings (SSSR count). The maximum Gasteiger partial charge on any atom is 0.398 e. The minimum atomic E-state index is -4.70. The molecular weight excluding hydrogens is 408 g/mol. The van der Waals surface area contributed by atoms with E-state index in [0.717, 1.165) is 44.9 Å². The standard InChI is InChI=1S/C22H42O7S/c1-3-5-7-13-16-20(23)17-14-11-9-8-10-12-15-18-21(29-30(25,26)27)22(24)28-19-6-4-2/h11,14,20-21,23H,3-10,12-13,15-19H2,1-2H3,(H,25,26,27)/t20?,21-/m1/s1. The zero-order chi connectivity index (χ0) is 22.7. The number of aliphatic hydroxyl groups excluding tert-OH is 1. The van der Waals surface area contributed by atoms with Crippen LogP contribution < -0.4 is 0 Å². The predicted octanol–water partition coefficient (Wildman–Crippen LogP) is 5.14. The Hall–Kier alpha value is -0.960. The Bertz CT molecular complexity index is 546. The van der Waals surface area contributed by atoms with E-state index in [1.54, 1.807) is 0 Å². The number of hydrogen-bond donors (Lipinski definition) is 2. The average molecular weight is 451 g/mol. The first-order valence-electron chi connectivity index (χ1n) is 11.5. The van der Waals surface area contributed by atoms with Crippen molar-refractivity contribution in [1.82, 2.24) is 0 Å². The molecule has 8 heteroatoms. The van der Waals surface area contributed by atoms with Gasteiger partial charge in [0.2, 0.25) is 0 Å². The zero-order valence-electron chi connectivity index (χ0n) is 18.8. The van der Waals surface area contributed by atoms with E-state index in [1.165, 1.54) is 19.3 Å². The van der Waals surface area contributed by atoms with Crippen LogP contribution >= 0.6 is 0 Å². The lowest BCUT2D eigenvalue weighted by Gasteiger charge is -2.14. The molecule has 0 aromatic heterocycles. The summed E-state index contributed by atoms with van der Waals surface area (Å²) < 4.78 is 40.2. The molecule has 0 aromatic carbocycles. The molecule has 0 aliphatic carbocycles. The molecule has 0 saturated carbocycles. The van der Waals surface area contributed by atoms with Crippen LogP contribution in [-0.2, 0) is 24.1 Å². The second-order valence-electron chi connectivity index (χ2n) is 7.74. The van der Waals surface area contributed by atoms with Gasteiger partial charge in [-0.15, -0.1) is 0 Å². The monoisotopic (exact) mass is 450 g/mol. The van der Waals surface area contributed by atoms with Gasteiger partial charge in [-0.2, -0.15) is 8.42 Å². The lowest BCUT2D eigenvalue weighted by atomic mass is 10.1. The van der Waals surface area contributed by atoms with Gasteiger partial charge in [0.25, 0.3) is 0 Å². The molecular formula is C22H42O7S. The first-order chi connectivity index (χ1) is 14.3. The molecule has 0 aromatic rings. The maximum atomic E-state index is 11.9. The van der Waals surface area contributed by atoms with Crippen molar-refractivity contribution in [2.24, 2.45) is 0 Å². The summed E-state index contributed by atoms with van der Waals surface area (Å²) in [6.07, 6.45) is 14.8. The third kappa shape index (κ3) is 19.0. The van der Waals surface area contributed by atoms with E-state index in [1.807, 2.05) is 13.0 Å². The van der Waals surface area contributed by atoms with Crippen LogP contribution in [0, 0.1) is 0 Å². The Balaban J connectivity index is 3.93. The number of allylic oxidation sites excluding steroid dienone is 1. The highest BCUT2D eigenvalue weighted by molar-refractivity contribution is 7.80. The van der Waals surface area contributed by atoms with E-state index in [2.05, 4.69) is 17.2 Å². The van der Waals surface area contributed by atoms with Crippen LogP contribution in [0.25, 0.3) is 0 Å². The highest BCUT2D eigenvalue weighted by Crippen LogP contribution is 2.14. The Morgan fingerprint density at radius 3 is 2.20 bits per heavy atom. The van der Waals surface area contributed by atoms with Crippen molar-refractivity contribution in [2.75, 3.05) is 6.61 Å². The minimum Gasteiger partial charge on any atom is -0.464 e. The minimum absolute atomic E-state index is 0.185. The summed E-state index contributed by atoms with van der Waals surface area (Å²) >= 11 is 0. The Morgan fingerprint density at radius 1 is 0.900 bits per heavy atom. The molecule has 0 bridgehead atoms. The Kier molecular flexibility index (Phi) is 18.2. The van der Waals surface area contributed by atoms with Gasteiger partial charge in [-0.25, -0.2) is 8.98 Å². The summed E-state index contributed by atoms with van der Waals surface area (Å²) in [6, 6.07) is 0. The smallest absolute Gasteiger partial charge is 0.398 e. The summed E-state index contributed by atoms with van der Waals surface area (Å²) in [5.41, 5.74) is 0. The van der Waals surface area contributed by atoms with E-state index in [-0.39, 0.29) is 19.1 Å². The van der Waals surface area contributed by atoms with Crippen LogP contribution in [-0.4, -0.2) is 42.9 Å². The molecule has 0 aliphatic rings. The molecule has 178 valence electrons. The van der Waals surface area contributed by atoms with Gasteiger partial charge in [-0.3, -0.25) is 4.55 Å². The number of esters is 1. The molecule has 0 saturated heterocycles. The van der Waals surface area contributed by atoms with Crippen molar-refractivity contribution in [2.45, 2.75) is 116 Å². The third-order valence-corrected chi connectivity index (χ3v) is 5.27. The molecule has 0 fully saturated rings. The summed E-state index contributed by atoms with van der Waals surface area (Å²) in [5, 5.41) is 9.91. The zero-order valence-corrected chi connectivity index (χ0v) is 19.6. The quantitative estimate of drug-likeness (QED) is 0.114. The normalized spacial score (nSPS) is 14.1. The highest BCUT2D eigenvalue weighted by atomic mass is 32.3. The molecule has 0 amide bonds. The van der Waals surface area contributed by atoms with Crippen molar-refractivity contribution >= 4 is 16.4 Å². The van der Waals surface area contributed by atoms with Gasteiger partial charge in [0.1, 0.15) is 0 Å². The van der Waals surface area contributed by atoms with Crippen molar-refractivity contribution in [1.29, 1.82) is 0 Å². The van der Waals surface area contributed by atoms with Gasteiger partial charge < -0.3 is 9.84 Å². The van der Waals surface area contributed by atoms with E-state index in [0.29, 0.717) is 19.3 Å². The fourth-order valence-corrected chi connectivity index (χ4v) is 3.47. The fourth-order valence-electron chi connectivity index (χ4n) is 3.00.